The van der Waals surface area contributed by atoms with Crippen LogP contribution in [0.25, 0.3) is 0 Å². The fourth-order valence-corrected chi connectivity index (χ4v) is 3.22. The van der Waals surface area contributed by atoms with Crippen molar-refractivity contribution in [3.63, 3.8) is 0 Å². The number of pyridine rings is 1. The third-order valence-electron chi connectivity index (χ3n) is 4.35. The van der Waals surface area contributed by atoms with Crippen LogP contribution in [0, 0.1) is 11.7 Å². The van der Waals surface area contributed by atoms with Crippen molar-refractivity contribution in [2.24, 2.45) is 5.92 Å². The molecule has 3 heterocycles. The normalized spacial score (nSPS) is 30.1. The van der Waals surface area contributed by atoms with E-state index < -0.39 is 0 Å². The van der Waals surface area contributed by atoms with Crippen LogP contribution >= 0.6 is 0 Å². The molecule has 98 valence electrons. The highest BCUT2D eigenvalue weighted by atomic mass is 19.1. The van der Waals surface area contributed by atoms with Gasteiger partial charge in [-0.05, 0) is 44.4 Å². The lowest BCUT2D eigenvalue weighted by molar-refractivity contribution is 0.246. The predicted octanol–water partition coefficient (Wildman–Crippen LogP) is 1.97. The maximum absolute atomic E-state index is 12.9. The van der Waals surface area contributed by atoms with Crippen molar-refractivity contribution in [2.45, 2.75) is 31.8 Å². The molecule has 0 spiro atoms. The number of hydrogen-bond acceptors (Lipinski definition) is 3. The largest absolute Gasteiger partial charge is 0.312 e. The lowest BCUT2D eigenvalue weighted by Gasteiger charge is -2.25. The molecule has 0 radical (unpaired) electrons. The minimum Gasteiger partial charge on any atom is -0.312 e. The Bertz CT molecular complexity index is 392. The molecule has 0 aliphatic carbocycles. The van der Waals surface area contributed by atoms with Crippen LogP contribution in [-0.2, 0) is 0 Å². The van der Waals surface area contributed by atoms with Crippen LogP contribution in [0.4, 0.5) is 4.39 Å². The van der Waals surface area contributed by atoms with Gasteiger partial charge < -0.3 is 5.32 Å². The molecule has 2 saturated heterocycles. The number of fused-ring (bicyclic) bond motifs is 1. The maximum Gasteiger partial charge on any atom is 0.141 e. The van der Waals surface area contributed by atoms with E-state index >= 15 is 0 Å². The van der Waals surface area contributed by atoms with Gasteiger partial charge in [0.15, 0.2) is 0 Å². The van der Waals surface area contributed by atoms with Crippen LogP contribution in [0.1, 0.15) is 31.5 Å². The average Bonchev–Trinajstić information content (AvgIpc) is 2.82. The van der Waals surface area contributed by atoms with E-state index in [1.165, 1.54) is 25.1 Å². The van der Waals surface area contributed by atoms with Gasteiger partial charge in [0.2, 0.25) is 0 Å². The van der Waals surface area contributed by atoms with E-state index in [1.807, 2.05) is 0 Å². The summed E-state index contributed by atoms with van der Waals surface area (Å²) >= 11 is 0. The number of hydrogen-bond donors (Lipinski definition) is 1. The minimum atomic E-state index is -0.261. The average molecular weight is 249 g/mol. The molecule has 18 heavy (non-hydrogen) atoms. The van der Waals surface area contributed by atoms with Gasteiger partial charge in [0, 0.05) is 25.2 Å². The molecule has 3 nitrogen and oxygen atoms in total. The fourth-order valence-electron chi connectivity index (χ4n) is 3.22. The summed E-state index contributed by atoms with van der Waals surface area (Å²) in [4.78, 5) is 6.67. The second-order valence-corrected chi connectivity index (χ2v) is 5.49. The van der Waals surface area contributed by atoms with Crippen molar-refractivity contribution in [3.8, 4) is 0 Å². The Hall–Kier alpha value is -1.00. The van der Waals surface area contributed by atoms with Crippen LogP contribution in [0.5, 0.6) is 0 Å². The fraction of sp³-hybridized carbons (Fsp3) is 0.643. The third kappa shape index (κ3) is 2.27. The van der Waals surface area contributed by atoms with Gasteiger partial charge in [-0.3, -0.25) is 9.88 Å². The summed E-state index contributed by atoms with van der Waals surface area (Å²) in [7, 11) is 0. The molecule has 0 saturated carbocycles. The molecule has 0 aromatic carbocycles. The zero-order valence-corrected chi connectivity index (χ0v) is 10.8. The van der Waals surface area contributed by atoms with Gasteiger partial charge in [-0.15, -0.1) is 0 Å². The summed E-state index contributed by atoms with van der Waals surface area (Å²) in [5, 5.41) is 3.60. The molecular weight excluding hydrogens is 229 g/mol. The SMILES string of the molecule is CC(c1ccc(F)cn1)N1CC2CCCNC2C1. The summed E-state index contributed by atoms with van der Waals surface area (Å²) in [5.74, 6) is 0.518. The van der Waals surface area contributed by atoms with Crippen LogP contribution in [0.15, 0.2) is 18.3 Å². The Morgan fingerprint density at radius 1 is 1.44 bits per heavy atom. The van der Waals surface area contributed by atoms with Crippen molar-refractivity contribution < 1.29 is 4.39 Å². The van der Waals surface area contributed by atoms with Gasteiger partial charge in [-0.1, -0.05) is 0 Å². The van der Waals surface area contributed by atoms with E-state index in [1.54, 1.807) is 6.07 Å². The van der Waals surface area contributed by atoms with Gasteiger partial charge in [0.05, 0.1) is 11.9 Å². The molecule has 0 bridgehead atoms. The van der Waals surface area contributed by atoms with Crippen LogP contribution in [-0.4, -0.2) is 35.6 Å². The highest BCUT2D eigenvalue weighted by Crippen LogP contribution is 2.30. The molecule has 4 heteroatoms. The first-order valence-corrected chi connectivity index (χ1v) is 6.83. The Morgan fingerprint density at radius 2 is 2.33 bits per heavy atom. The highest BCUT2D eigenvalue weighted by molar-refractivity contribution is 5.10. The van der Waals surface area contributed by atoms with Crippen molar-refractivity contribution in [1.29, 1.82) is 0 Å². The van der Waals surface area contributed by atoms with Crippen molar-refractivity contribution >= 4 is 0 Å². The quantitative estimate of drug-likeness (QED) is 0.868. The molecule has 3 atom stereocenters. The molecular formula is C14H20FN3. The van der Waals surface area contributed by atoms with E-state index in [0.29, 0.717) is 6.04 Å². The van der Waals surface area contributed by atoms with E-state index in [2.05, 4.69) is 22.1 Å². The van der Waals surface area contributed by atoms with Crippen molar-refractivity contribution in [3.05, 3.63) is 29.8 Å². The summed E-state index contributed by atoms with van der Waals surface area (Å²) in [6.45, 7) is 5.54. The van der Waals surface area contributed by atoms with E-state index in [0.717, 1.165) is 31.2 Å². The first-order chi connectivity index (χ1) is 8.74. The second kappa shape index (κ2) is 4.94. The topological polar surface area (TPSA) is 28.2 Å². The second-order valence-electron chi connectivity index (χ2n) is 5.49. The predicted molar refractivity (Wildman–Crippen MR) is 68.7 cm³/mol. The smallest absolute Gasteiger partial charge is 0.141 e. The molecule has 2 fully saturated rings. The minimum absolute atomic E-state index is 0.261. The number of rotatable bonds is 2. The van der Waals surface area contributed by atoms with Gasteiger partial charge in [0.1, 0.15) is 5.82 Å². The first-order valence-electron chi connectivity index (χ1n) is 6.83. The zero-order valence-electron chi connectivity index (χ0n) is 10.8. The molecule has 1 aromatic heterocycles. The Balaban J connectivity index is 1.70. The van der Waals surface area contributed by atoms with E-state index in [9.17, 15) is 4.39 Å². The maximum atomic E-state index is 12.9. The molecule has 3 unspecified atom stereocenters. The Kier molecular flexibility index (Phi) is 3.31. The third-order valence-corrected chi connectivity index (χ3v) is 4.35. The molecule has 1 N–H and O–H groups in total. The molecule has 0 amide bonds. The number of nitrogens with zero attached hydrogens (tertiary/aromatic N) is 2. The van der Waals surface area contributed by atoms with Crippen molar-refractivity contribution in [1.82, 2.24) is 15.2 Å². The van der Waals surface area contributed by atoms with Crippen LogP contribution < -0.4 is 5.32 Å². The number of aromatic nitrogens is 1. The molecule has 1 aromatic rings. The van der Waals surface area contributed by atoms with Crippen LogP contribution in [0.2, 0.25) is 0 Å². The zero-order chi connectivity index (χ0) is 12.5. The number of halogens is 1. The van der Waals surface area contributed by atoms with Gasteiger partial charge in [-0.25, -0.2) is 4.39 Å². The number of piperidine rings is 1. The Labute approximate surface area is 107 Å². The molecule has 3 rings (SSSR count). The first kappa shape index (κ1) is 12.1. The molecule has 2 aliphatic rings. The van der Waals surface area contributed by atoms with Crippen molar-refractivity contribution in [2.75, 3.05) is 19.6 Å². The number of nitrogens with one attached hydrogen (secondary N) is 1. The van der Waals surface area contributed by atoms with Crippen LogP contribution in [0.3, 0.4) is 0 Å². The summed E-state index contributed by atoms with van der Waals surface area (Å²) in [5.41, 5.74) is 0.968. The summed E-state index contributed by atoms with van der Waals surface area (Å²) in [6.07, 6.45) is 3.93. The standard InChI is InChI=1S/C14H20FN3/c1-10(13-5-4-12(15)7-17-13)18-8-11-3-2-6-16-14(11)9-18/h4-5,7,10-11,14,16H,2-3,6,8-9H2,1H3. The summed E-state index contributed by atoms with van der Waals surface area (Å²) in [6, 6.07) is 4.22. The van der Waals surface area contributed by atoms with Gasteiger partial charge >= 0.3 is 0 Å². The lowest BCUT2D eigenvalue weighted by atomic mass is 9.94. The van der Waals surface area contributed by atoms with Gasteiger partial charge in [-0.2, -0.15) is 0 Å². The molecule has 2 aliphatic heterocycles. The monoisotopic (exact) mass is 249 g/mol. The lowest BCUT2D eigenvalue weighted by Crippen LogP contribution is -2.40. The highest BCUT2D eigenvalue weighted by Gasteiger charge is 2.36. The van der Waals surface area contributed by atoms with E-state index in [4.69, 9.17) is 0 Å². The Morgan fingerprint density at radius 3 is 3.06 bits per heavy atom. The summed E-state index contributed by atoms with van der Waals surface area (Å²) < 4.78 is 12.9. The van der Waals surface area contributed by atoms with E-state index in [-0.39, 0.29) is 11.9 Å². The number of likely N-dealkylation sites (tertiary alicyclic amines) is 1. The van der Waals surface area contributed by atoms with Gasteiger partial charge in [0.25, 0.3) is 0 Å².